The molecule has 0 aliphatic carbocycles. The van der Waals surface area contributed by atoms with Crippen molar-refractivity contribution in [2.75, 3.05) is 18.4 Å². The van der Waals surface area contributed by atoms with Crippen LogP contribution in [0, 0.1) is 24.0 Å². The van der Waals surface area contributed by atoms with Gasteiger partial charge in [0.2, 0.25) is 0 Å². The maximum Gasteiger partial charge on any atom is 0.284 e. The second-order valence-corrected chi connectivity index (χ2v) is 9.89. The predicted octanol–water partition coefficient (Wildman–Crippen LogP) is 5.31. The molecule has 0 atom stereocenters. The van der Waals surface area contributed by atoms with Crippen molar-refractivity contribution in [3.8, 4) is 0 Å². The van der Waals surface area contributed by atoms with Gasteiger partial charge in [0.25, 0.3) is 17.5 Å². The van der Waals surface area contributed by atoms with Gasteiger partial charge >= 0.3 is 0 Å². The average molecular weight is 483 g/mol. The fourth-order valence-corrected chi connectivity index (χ4v) is 5.57. The van der Waals surface area contributed by atoms with Crippen LogP contribution in [0.5, 0.6) is 0 Å². The number of hydrogen-bond donors (Lipinski definition) is 1. The fraction of sp³-hybridized carbons (Fsp3) is 0.261. The lowest BCUT2D eigenvalue weighted by atomic mass is 10.0. The van der Waals surface area contributed by atoms with E-state index in [1.54, 1.807) is 29.2 Å². The summed E-state index contributed by atoms with van der Waals surface area (Å²) in [5, 5.41) is 16.3. The first-order chi connectivity index (χ1) is 15.8. The summed E-state index contributed by atoms with van der Waals surface area (Å²) in [5.41, 5.74) is 2.44. The van der Waals surface area contributed by atoms with Crippen LogP contribution in [0.1, 0.15) is 44.8 Å². The van der Waals surface area contributed by atoms with Crippen molar-refractivity contribution in [3.63, 3.8) is 0 Å². The number of nitrogens with zero attached hydrogens (tertiary/aromatic N) is 3. The first-order valence-electron chi connectivity index (χ1n) is 10.4. The molecular weight excluding hydrogens is 460 g/mol. The molecule has 3 aromatic rings. The van der Waals surface area contributed by atoms with Crippen LogP contribution in [0.2, 0.25) is 0 Å². The highest BCUT2D eigenvalue weighted by atomic mass is 32.2. The predicted molar refractivity (Wildman–Crippen MR) is 128 cm³/mol. The van der Waals surface area contributed by atoms with Crippen molar-refractivity contribution in [2.24, 2.45) is 0 Å². The van der Waals surface area contributed by atoms with Crippen molar-refractivity contribution in [1.82, 2.24) is 9.88 Å². The maximum absolute atomic E-state index is 13.0. The van der Waals surface area contributed by atoms with Gasteiger partial charge in [0, 0.05) is 35.8 Å². The van der Waals surface area contributed by atoms with E-state index >= 15 is 0 Å². The summed E-state index contributed by atoms with van der Waals surface area (Å²) < 4.78 is 0.692. The van der Waals surface area contributed by atoms with Crippen molar-refractivity contribution in [3.05, 3.63) is 74.3 Å². The number of nitrogens with one attached hydrogen (secondary N) is 1. The zero-order valence-electron chi connectivity index (χ0n) is 18.2. The largest absolute Gasteiger partial charge is 0.339 e. The number of thiazole rings is 1. The Morgan fingerprint density at radius 3 is 2.61 bits per heavy atom. The maximum atomic E-state index is 13.0. The number of nitro groups is 1. The number of benzene rings is 2. The smallest absolute Gasteiger partial charge is 0.284 e. The van der Waals surface area contributed by atoms with Gasteiger partial charge < -0.3 is 10.2 Å². The van der Waals surface area contributed by atoms with Crippen LogP contribution in [0.3, 0.4) is 0 Å². The number of hydrogen-bond acceptors (Lipinski definition) is 7. The molecule has 2 aromatic carbocycles. The van der Waals surface area contributed by atoms with E-state index in [0.29, 0.717) is 33.6 Å². The molecule has 0 unspecified atom stereocenters. The van der Waals surface area contributed by atoms with Crippen LogP contribution < -0.4 is 5.32 Å². The first-order valence-corrected chi connectivity index (χ1v) is 12.1. The van der Waals surface area contributed by atoms with E-state index in [2.05, 4.69) is 10.3 Å². The molecule has 10 heteroatoms. The monoisotopic (exact) mass is 482 g/mol. The van der Waals surface area contributed by atoms with Gasteiger partial charge in [-0.3, -0.25) is 19.7 Å². The number of carbonyl (C=O) groups excluding carboxylic acids is 2. The minimum atomic E-state index is -0.513. The van der Waals surface area contributed by atoms with E-state index in [9.17, 15) is 19.7 Å². The second kappa shape index (κ2) is 9.72. The lowest BCUT2D eigenvalue weighted by Crippen LogP contribution is -2.29. The Morgan fingerprint density at radius 1 is 1.18 bits per heavy atom. The van der Waals surface area contributed by atoms with Crippen molar-refractivity contribution < 1.29 is 14.5 Å². The van der Waals surface area contributed by atoms with Crippen LogP contribution in [0.4, 0.5) is 11.4 Å². The number of aromatic nitrogens is 1. The van der Waals surface area contributed by atoms with Gasteiger partial charge in [-0.1, -0.05) is 23.9 Å². The van der Waals surface area contributed by atoms with Gasteiger partial charge in [-0.2, -0.15) is 0 Å². The SMILES string of the molecule is Cc1csc(Sc2ccc(C(=O)Nc3cccc(C)c3C(=O)N3CCCC3)cc2[N+](=O)[O-])n1. The third-order valence-electron chi connectivity index (χ3n) is 5.34. The Morgan fingerprint density at radius 2 is 1.94 bits per heavy atom. The Bertz CT molecular complexity index is 1230. The number of rotatable bonds is 6. The Hall–Kier alpha value is -3.24. The lowest BCUT2D eigenvalue weighted by molar-refractivity contribution is -0.387. The second-order valence-electron chi connectivity index (χ2n) is 7.75. The van der Waals surface area contributed by atoms with E-state index in [0.717, 1.165) is 24.1 Å². The molecule has 0 saturated carbocycles. The van der Waals surface area contributed by atoms with Gasteiger partial charge in [0.15, 0.2) is 4.34 Å². The molecule has 1 saturated heterocycles. The molecule has 1 fully saturated rings. The number of carbonyl (C=O) groups is 2. The molecule has 2 amide bonds. The van der Waals surface area contributed by atoms with Gasteiger partial charge in [0.1, 0.15) is 0 Å². The Labute approximate surface area is 199 Å². The van der Waals surface area contributed by atoms with E-state index in [1.165, 1.54) is 29.2 Å². The van der Waals surface area contributed by atoms with Crippen molar-refractivity contribution in [1.29, 1.82) is 0 Å². The molecule has 8 nitrogen and oxygen atoms in total. The summed E-state index contributed by atoms with van der Waals surface area (Å²) in [6, 6.07) is 9.64. The molecule has 0 spiro atoms. The summed E-state index contributed by atoms with van der Waals surface area (Å²) in [6.45, 7) is 5.08. The van der Waals surface area contributed by atoms with E-state index in [4.69, 9.17) is 0 Å². The van der Waals surface area contributed by atoms with Gasteiger partial charge in [-0.15, -0.1) is 11.3 Å². The van der Waals surface area contributed by atoms with Crippen LogP contribution in [0.15, 0.2) is 51.0 Å². The van der Waals surface area contributed by atoms with Crippen LogP contribution in [0.25, 0.3) is 0 Å². The molecule has 0 bridgehead atoms. The molecular formula is C23H22N4O4S2. The molecule has 170 valence electrons. The third-order valence-corrected chi connectivity index (χ3v) is 7.46. The summed E-state index contributed by atoms with van der Waals surface area (Å²) >= 11 is 2.60. The number of anilines is 1. The first kappa shape index (κ1) is 22.9. The minimum absolute atomic E-state index is 0.114. The highest BCUT2D eigenvalue weighted by Crippen LogP contribution is 2.37. The average Bonchev–Trinajstić information content (AvgIpc) is 3.45. The van der Waals surface area contributed by atoms with Crippen LogP contribution in [-0.4, -0.2) is 39.7 Å². The van der Waals surface area contributed by atoms with Crippen LogP contribution >= 0.6 is 23.1 Å². The third kappa shape index (κ3) is 5.07. The van der Waals surface area contributed by atoms with E-state index in [-0.39, 0.29) is 17.2 Å². The summed E-state index contributed by atoms with van der Waals surface area (Å²) in [7, 11) is 0. The number of nitro benzene ring substituents is 1. The minimum Gasteiger partial charge on any atom is -0.339 e. The molecule has 0 radical (unpaired) electrons. The van der Waals surface area contributed by atoms with Gasteiger partial charge in [-0.25, -0.2) is 4.98 Å². The zero-order chi connectivity index (χ0) is 23.5. The molecule has 1 aliphatic rings. The topological polar surface area (TPSA) is 105 Å². The molecule has 1 aliphatic heterocycles. The summed E-state index contributed by atoms with van der Waals surface area (Å²) in [4.78, 5) is 43.7. The van der Waals surface area contributed by atoms with Crippen molar-refractivity contribution in [2.45, 2.75) is 35.9 Å². The number of aryl methyl sites for hydroxylation is 2. The standard InChI is InChI=1S/C23H22N4O4S2/c1-14-6-5-7-17(20(14)22(29)26-10-3-4-11-26)25-21(28)16-8-9-19(18(12-16)27(30)31)33-23-24-15(2)13-32-23/h5-9,12-13H,3-4,10-11H2,1-2H3,(H,25,28). The summed E-state index contributed by atoms with van der Waals surface area (Å²) in [5.74, 6) is -0.627. The normalized spacial score (nSPS) is 13.2. The summed E-state index contributed by atoms with van der Waals surface area (Å²) in [6.07, 6.45) is 1.93. The highest BCUT2D eigenvalue weighted by molar-refractivity contribution is 8.01. The molecule has 4 rings (SSSR count). The number of likely N-dealkylation sites (tertiary alicyclic amines) is 1. The van der Waals surface area contributed by atoms with Gasteiger partial charge in [-0.05, 0) is 50.5 Å². The molecule has 1 aromatic heterocycles. The van der Waals surface area contributed by atoms with E-state index in [1.807, 2.05) is 25.3 Å². The molecule has 2 heterocycles. The Balaban J connectivity index is 1.60. The Kier molecular flexibility index (Phi) is 6.75. The highest BCUT2D eigenvalue weighted by Gasteiger charge is 2.25. The zero-order valence-corrected chi connectivity index (χ0v) is 19.8. The quantitative estimate of drug-likeness (QED) is 0.377. The molecule has 33 heavy (non-hydrogen) atoms. The molecule has 1 N–H and O–H groups in total. The van der Waals surface area contributed by atoms with Crippen molar-refractivity contribution >= 4 is 46.3 Å². The van der Waals surface area contributed by atoms with E-state index < -0.39 is 10.8 Å². The van der Waals surface area contributed by atoms with Crippen LogP contribution in [-0.2, 0) is 0 Å². The number of amides is 2. The van der Waals surface area contributed by atoms with Gasteiger partial charge in [0.05, 0.1) is 21.1 Å². The lowest BCUT2D eigenvalue weighted by Gasteiger charge is -2.19. The fourth-order valence-electron chi connectivity index (χ4n) is 3.69.